The smallest absolute Gasteiger partial charge is 0.233 e. The molecule has 1 saturated heterocycles. The van der Waals surface area contributed by atoms with Gasteiger partial charge in [-0.3, -0.25) is 9.69 Å². The fourth-order valence-corrected chi connectivity index (χ4v) is 4.67. The molecule has 1 fully saturated rings. The highest BCUT2D eigenvalue weighted by Gasteiger charge is 2.26. The van der Waals surface area contributed by atoms with Crippen molar-refractivity contribution in [2.24, 2.45) is 0 Å². The molecule has 1 amide bonds. The maximum absolute atomic E-state index is 13.2. The van der Waals surface area contributed by atoms with E-state index in [0.717, 1.165) is 40.4 Å². The van der Waals surface area contributed by atoms with Crippen molar-refractivity contribution in [3.05, 3.63) is 54.1 Å². The van der Waals surface area contributed by atoms with Gasteiger partial charge in [0.05, 0.1) is 29.3 Å². The van der Waals surface area contributed by atoms with Crippen LogP contribution in [0.1, 0.15) is 18.4 Å². The van der Waals surface area contributed by atoms with Crippen molar-refractivity contribution in [1.82, 2.24) is 4.98 Å². The van der Waals surface area contributed by atoms with E-state index in [1.807, 2.05) is 41.3 Å². The number of thiazole rings is 1. The van der Waals surface area contributed by atoms with Crippen LogP contribution in [0.15, 0.2) is 53.4 Å². The standard InChI is InChI=1S/C21H22N2O2S2/c1-26-17-10-8-15(9-11-17)13-20(24)23(14-16-5-4-12-25-16)21-22-18-6-2-3-7-19(18)27-21/h2-3,6-11,16H,4-5,12-14H2,1H3. The number of nitrogens with zero attached hydrogens (tertiary/aromatic N) is 2. The number of rotatable bonds is 6. The molecule has 0 aliphatic carbocycles. The van der Waals surface area contributed by atoms with E-state index in [-0.39, 0.29) is 12.0 Å². The lowest BCUT2D eigenvalue weighted by molar-refractivity contribution is -0.118. The van der Waals surface area contributed by atoms with Gasteiger partial charge in [0.25, 0.3) is 0 Å². The summed E-state index contributed by atoms with van der Waals surface area (Å²) in [5, 5.41) is 0.762. The molecule has 1 aliphatic heterocycles. The first kappa shape index (κ1) is 18.5. The summed E-state index contributed by atoms with van der Waals surface area (Å²) >= 11 is 3.27. The van der Waals surface area contributed by atoms with Crippen molar-refractivity contribution in [3.63, 3.8) is 0 Å². The second-order valence-corrected chi connectivity index (χ2v) is 8.52. The number of hydrogen-bond acceptors (Lipinski definition) is 5. The van der Waals surface area contributed by atoms with Gasteiger partial charge >= 0.3 is 0 Å². The van der Waals surface area contributed by atoms with Crippen LogP contribution in [0.25, 0.3) is 10.2 Å². The molecule has 0 spiro atoms. The maximum Gasteiger partial charge on any atom is 0.233 e. The molecule has 1 aliphatic rings. The highest BCUT2D eigenvalue weighted by molar-refractivity contribution is 7.98. The topological polar surface area (TPSA) is 42.4 Å². The van der Waals surface area contributed by atoms with E-state index in [1.165, 1.54) is 4.90 Å². The highest BCUT2D eigenvalue weighted by atomic mass is 32.2. The van der Waals surface area contributed by atoms with E-state index < -0.39 is 0 Å². The third kappa shape index (κ3) is 4.34. The molecule has 0 bridgehead atoms. The number of benzene rings is 2. The first-order valence-corrected chi connectivity index (χ1v) is 11.2. The summed E-state index contributed by atoms with van der Waals surface area (Å²) < 4.78 is 6.89. The zero-order chi connectivity index (χ0) is 18.6. The summed E-state index contributed by atoms with van der Waals surface area (Å²) in [4.78, 5) is 20.9. The molecule has 0 saturated carbocycles. The van der Waals surface area contributed by atoms with Crippen LogP contribution >= 0.6 is 23.1 Å². The molecule has 2 heterocycles. The third-order valence-electron chi connectivity index (χ3n) is 4.74. The molecule has 4 rings (SSSR count). The molecule has 1 unspecified atom stereocenters. The van der Waals surface area contributed by atoms with Crippen molar-refractivity contribution in [2.75, 3.05) is 24.3 Å². The first-order chi connectivity index (χ1) is 13.2. The molecule has 6 heteroatoms. The molecule has 27 heavy (non-hydrogen) atoms. The largest absolute Gasteiger partial charge is 0.376 e. The number of fused-ring (bicyclic) bond motifs is 1. The van der Waals surface area contributed by atoms with Crippen LogP contribution in [-0.4, -0.2) is 36.4 Å². The van der Waals surface area contributed by atoms with E-state index in [2.05, 4.69) is 18.4 Å². The monoisotopic (exact) mass is 398 g/mol. The Morgan fingerprint density at radius 3 is 2.78 bits per heavy atom. The lowest BCUT2D eigenvalue weighted by atomic mass is 10.1. The zero-order valence-corrected chi connectivity index (χ0v) is 16.9. The number of anilines is 1. The van der Waals surface area contributed by atoms with Crippen LogP contribution in [0, 0.1) is 0 Å². The lowest BCUT2D eigenvalue weighted by Crippen LogP contribution is -2.38. The average Bonchev–Trinajstić information content (AvgIpc) is 3.35. The molecule has 0 radical (unpaired) electrons. The second kappa shape index (κ2) is 8.42. The molecule has 1 atom stereocenters. The molecular weight excluding hydrogens is 376 g/mol. The Morgan fingerprint density at radius 1 is 1.26 bits per heavy atom. The fourth-order valence-electron chi connectivity index (χ4n) is 3.27. The minimum atomic E-state index is 0.0708. The van der Waals surface area contributed by atoms with Gasteiger partial charge in [-0.2, -0.15) is 0 Å². The Kier molecular flexibility index (Phi) is 5.76. The number of ether oxygens (including phenoxy) is 1. The molecular formula is C21H22N2O2S2. The molecule has 0 N–H and O–H groups in total. The van der Waals surface area contributed by atoms with Gasteiger partial charge in [0, 0.05) is 11.5 Å². The van der Waals surface area contributed by atoms with Crippen molar-refractivity contribution < 1.29 is 9.53 Å². The Morgan fingerprint density at radius 2 is 2.07 bits per heavy atom. The van der Waals surface area contributed by atoms with Crippen LogP contribution in [0.2, 0.25) is 0 Å². The second-order valence-electron chi connectivity index (χ2n) is 6.63. The van der Waals surface area contributed by atoms with Crippen LogP contribution in [0.5, 0.6) is 0 Å². The van der Waals surface area contributed by atoms with Gasteiger partial charge in [-0.1, -0.05) is 35.6 Å². The van der Waals surface area contributed by atoms with Gasteiger partial charge in [-0.15, -0.1) is 11.8 Å². The van der Waals surface area contributed by atoms with E-state index in [4.69, 9.17) is 9.72 Å². The van der Waals surface area contributed by atoms with E-state index in [1.54, 1.807) is 23.1 Å². The van der Waals surface area contributed by atoms with Gasteiger partial charge in [0.15, 0.2) is 5.13 Å². The van der Waals surface area contributed by atoms with Crippen LogP contribution < -0.4 is 4.90 Å². The number of para-hydroxylation sites is 1. The summed E-state index contributed by atoms with van der Waals surface area (Å²) in [6.45, 7) is 1.35. The molecule has 140 valence electrons. The molecule has 3 aromatic rings. The average molecular weight is 399 g/mol. The van der Waals surface area contributed by atoms with Gasteiger partial charge in [0.2, 0.25) is 5.91 Å². The Bertz CT molecular complexity index is 884. The lowest BCUT2D eigenvalue weighted by Gasteiger charge is -2.23. The van der Waals surface area contributed by atoms with Gasteiger partial charge in [-0.25, -0.2) is 4.98 Å². The summed E-state index contributed by atoms with van der Waals surface area (Å²) in [6.07, 6.45) is 4.58. The van der Waals surface area contributed by atoms with E-state index >= 15 is 0 Å². The van der Waals surface area contributed by atoms with Gasteiger partial charge < -0.3 is 4.74 Å². The van der Waals surface area contributed by atoms with Gasteiger partial charge in [-0.05, 0) is 48.9 Å². The number of thioether (sulfide) groups is 1. The van der Waals surface area contributed by atoms with Crippen molar-refractivity contribution in [2.45, 2.75) is 30.3 Å². The number of carbonyl (C=O) groups excluding carboxylic acids is 1. The summed E-state index contributed by atoms with van der Waals surface area (Å²) in [5.74, 6) is 0.0708. The quantitative estimate of drug-likeness (QED) is 0.561. The van der Waals surface area contributed by atoms with Crippen molar-refractivity contribution in [3.8, 4) is 0 Å². The molecule has 1 aromatic heterocycles. The van der Waals surface area contributed by atoms with Crippen LogP contribution in [-0.2, 0) is 16.0 Å². The Labute approximate surface area is 167 Å². The summed E-state index contributed by atoms with van der Waals surface area (Å²) in [6, 6.07) is 16.2. The SMILES string of the molecule is CSc1ccc(CC(=O)N(CC2CCCO2)c2nc3ccccc3s2)cc1. The highest BCUT2D eigenvalue weighted by Crippen LogP contribution is 2.30. The van der Waals surface area contributed by atoms with Gasteiger partial charge in [0.1, 0.15) is 0 Å². The Balaban J connectivity index is 1.58. The minimum absolute atomic E-state index is 0.0708. The minimum Gasteiger partial charge on any atom is -0.376 e. The third-order valence-corrected chi connectivity index (χ3v) is 6.54. The van der Waals surface area contributed by atoms with Crippen molar-refractivity contribution >= 4 is 44.4 Å². The molecule has 4 nitrogen and oxygen atoms in total. The van der Waals surface area contributed by atoms with E-state index in [9.17, 15) is 4.79 Å². The summed E-state index contributed by atoms with van der Waals surface area (Å²) in [7, 11) is 0. The fraction of sp³-hybridized carbons (Fsp3) is 0.333. The number of aromatic nitrogens is 1. The number of hydrogen-bond donors (Lipinski definition) is 0. The number of amides is 1. The van der Waals surface area contributed by atoms with E-state index in [0.29, 0.717) is 13.0 Å². The normalized spacial score (nSPS) is 16.7. The predicted octanol–water partition coefficient (Wildman–Crippen LogP) is 4.77. The molecule has 2 aromatic carbocycles. The Hall–Kier alpha value is -1.89. The zero-order valence-electron chi connectivity index (χ0n) is 15.3. The predicted molar refractivity (Wildman–Crippen MR) is 113 cm³/mol. The number of carbonyl (C=O) groups is 1. The first-order valence-electron chi connectivity index (χ1n) is 9.13. The van der Waals surface area contributed by atoms with Crippen LogP contribution in [0.4, 0.5) is 5.13 Å². The van der Waals surface area contributed by atoms with Crippen molar-refractivity contribution in [1.29, 1.82) is 0 Å². The summed E-state index contributed by atoms with van der Waals surface area (Å²) in [5.41, 5.74) is 1.96. The maximum atomic E-state index is 13.2. The van der Waals surface area contributed by atoms with Crippen LogP contribution in [0.3, 0.4) is 0 Å².